The van der Waals surface area contributed by atoms with Gasteiger partial charge in [-0.15, -0.1) is 11.3 Å². The average Bonchev–Trinajstić information content (AvgIpc) is 3.43. The Labute approximate surface area is 219 Å². The van der Waals surface area contributed by atoms with Crippen molar-refractivity contribution in [2.45, 2.75) is 57.8 Å². The molecule has 0 radical (unpaired) electrons. The highest BCUT2D eigenvalue weighted by Gasteiger charge is 2.23. The van der Waals surface area contributed by atoms with E-state index in [1.54, 1.807) is 12.3 Å². The average molecular weight is 574 g/mol. The second kappa shape index (κ2) is 10.3. The van der Waals surface area contributed by atoms with E-state index >= 15 is 0 Å². The van der Waals surface area contributed by atoms with Crippen LogP contribution in [0.15, 0.2) is 51.4 Å². The Morgan fingerprint density at radius 1 is 1.11 bits per heavy atom. The fraction of sp³-hybridized carbons (Fsp3) is 0.462. The molecular weight excluding hydrogens is 540 g/mol. The lowest BCUT2D eigenvalue weighted by molar-refractivity contribution is 0.0899. The van der Waals surface area contributed by atoms with E-state index in [0.717, 1.165) is 61.7 Å². The van der Waals surface area contributed by atoms with Gasteiger partial charge in [0.25, 0.3) is 0 Å². The van der Waals surface area contributed by atoms with Crippen LogP contribution < -0.4 is 5.43 Å². The predicted molar refractivity (Wildman–Crippen MR) is 151 cm³/mol. The van der Waals surface area contributed by atoms with Gasteiger partial charge in [0, 0.05) is 75.3 Å². The number of ether oxygens (including phenoxy) is 1. The van der Waals surface area contributed by atoms with E-state index in [-0.39, 0.29) is 5.43 Å². The Morgan fingerprint density at radius 3 is 2.63 bits per heavy atom. The van der Waals surface area contributed by atoms with Crippen LogP contribution in [0.4, 0.5) is 0 Å². The summed E-state index contributed by atoms with van der Waals surface area (Å²) in [6, 6.07) is 9.63. The zero-order valence-electron chi connectivity index (χ0n) is 20.7. The summed E-state index contributed by atoms with van der Waals surface area (Å²) < 4.78 is 11.6. The normalized spacial score (nSPS) is 16.0. The van der Waals surface area contributed by atoms with Crippen molar-refractivity contribution in [3.05, 3.63) is 61.7 Å². The fourth-order valence-corrected chi connectivity index (χ4v) is 7.14. The molecule has 4 aromatic heterocycles. The third-order valence-corrected chi connectivity index (χ3v) is 10.2. The van der Waals surface area contributed by atoms with Gasteiger partial charge in [-0.1, -0.05) is 19.6 Å². The maximum Gasteiger partial charge on any atom is 0.190 e. The molecule has 0 N–H and O–H groups in total. The molecule has 5 rings (SSSR count). The van der Waals surface area contributed by atoms with Crippen molar-refractivity contribution < 1.29 is 4.74 Å². The van der Waals surface area contributed by atoms with Crippen molar-refractivity contribution in [1.82, 2.24) is 19.0 Å². The Bertz CT molecular complexity index is 1380. The highest BCUT2D eigenvalue weighted by Crippen LogP contribution is 2.31. The second-order valence-corrected chi connectivity index (χ2v) is 18.9. The summed E-state index contributed by atoms with van der Waals surface area (Å²) in [5.41, 5.74) is 1.92. The molecule has 1 aliphatic rings. The number of hydrogen-bond donors (Lipinski definition) is 0. The van der Waals surface area contributed by atoms with Gasteiger partial charge in [0.05, 0.1) is 14.7 Å². The predicted octanol–water partition coefficient (Wildman–Crippen LogP) is 6.32. The zero-order valence-corrected chi connectivity index (χ0v) is 24.1. The maximum absolute atomic E-state index is 12.7. The number of nitrogens with zero attached hydrogens (tertiary/aromatic N) is 4. The van der Waals surface area contributed by atoms with Crippen LogP contribution in [0.25, 0.3) is 21.9 Å². The van der Waals surface area contributed by atoms with Crippen LogP contribution in [-0.2, 0) is 18.0 Å². The Hall–Kier alpha value is -1.78. The summed E-state index contributed by atoms with van der Waals surface area (Å²) in [5.74, 6) is 0. The van der Waals surface area contributed by atoms with Crippen molar-refractivity contribution in [1.29, 1.82) is 0 Å². The van der Waals surface area contributed by atoms with Crippen molar-refractivity contribution in [3.63, 3.8) is 0 Å². The molecule has 9 heteroatoms. The number of aromatic nitrogens is 3. The number of fused-ring (bicyclic) bond motifs is 3. The molecule has 186 valence electrons. The highest BCUT2D eigenvalue weighted by molar-refractivity contribution is 9.11. The highest BCUT2D eigenvalue weighted by atomic mass is 79.9. The van der Waals surface area contributed by atoms with Gasteiger partial charge >= 0.3 is 0 Å². The lowest BCUT2D eigenvalue weighted by atomic mass is 10.0. The Balaban J connectivity index is 1.37. The third kappa shape index (κ3) is 5.64. The minimum absolute atomic E-state index is 0.0329. The van der Waals surface area contributed by atoms with E-state index in [9.17, 15) is 4.79 Å². The number of rotatable bonds is 8. The summed E-state index contributed by atoms with van der Waals surface area (Å²) in [4.78, 5) is 21.3. The number of piperidine rings is 1. The molecule has 35 heavy (non-hydrogen) atoms. The summed E-state index contributed by atoms with van der Waals surface area (Å²) in [5, 5.41) is 1.73. The van der Waals surface area contributed by atoms with E-state index in [1.807, 2.05) is 23.7 Å². The first kappa shape index (κ1) is 24.9. The zero-order chi connectivity index (χ0) is 24.6. The smallest absolute Gasteiger partial charge is 0.190 e. The Kier molecular flexibility index (Phi) is 7.32. The molecule has 0 bridgehead atoms. The van der Waals surface area contributed by atoms with E-state index in [2.05, 4.69) is 72.8 Å². The van der Waals surface area contributed by atoms with E-state index in [1.165, 1.54) is 8.66 Å². The van der Waals surface area contributed by atoms with Crippen LogP contribution in [0, 0.1) is 0 Å². The third-order valence-electron chi connectivity index (χ3n) is 6.86. The SMILES string of the molecule is C[Si](C)(C)CCOCn1ccc2c1ncc1c(=O)ccn(C3CCN(Cc4ccc(Br)s4)CC3)c12. The number of hydrogen-bond acceptors (Lipinski definition) is 5. The number of likely N-dealkylation sites (tertiary alicyclic amines) is 1. The van der Waals surface area contributed by atoms with E-state index < -0.39 is 8.07 Å². The van der Waals surface area contributed by atoms with Crippen molar-refractivity contribution >= 4 is 57.3 Å². The monoisotopic (exact) mass is 572 g/mol. The van der Waals surface area contributed by atoms with Gasteiger partial charge in [0.2, 0.25) is 0 Å². The summed E-state index contributed by atoms with van der Waals surface area (Å²) in [6.07, 6.45) is 7.90. The largest absolute Gasteiger partial charge is 0.361 e. The van der Waals surface area contributed by atoms with Crippen LogP contribution in [0.1, 0.15) is 23.8 Å². The molecule has 1 saturated heterocycles. The van der Waals surface area contributed by atoms with Crippen molar-refractivity contribution in [2.75, 3.05) is 19.7 Å². The first-order valence-electron chi connectivity index (χ1n) is 12.3. The summed E-state index contributed by atoms with van der Waals surface area (Å²) in [6.45, 7) is 11.4. The molecule has 4 aromatic rings. The number of pyridine rings is 2. The van der Waals surface area contributed by atoms with E-state index in [4.69, 9.17) is 4.74 Å². The molecule has 6 nitrogen and oxygen atoms in total. The summed E-state index contributed by atoms with van der Waals surface area (Å²) >= 11 is 5.38. The van der Waals surface area contributed by atoms with Gasteiger partial charge in [-0.3, -0.25) is 9.69 Å². The summed E-state index contributed by atoms with van der Waals surface area (Å²) in [7, 11) is -1.12. The van der Waals surface area contributed by atoms with Gasteiger partial charge in [-0.25, -0.2) is 4.98 Å². The molecule has 1 aliphatic heterocycles. The van der Waals surface area contributed by atoms with Crippen LogP contribution >= 0.6 is 27.3 Å². The first-order valence-corrected chi connectivity index (χ1v) is 17.6. The number of halogens is 1. The Morgan fingerprint density at radius 2 is 1.91 bits per heavy atom. The minimum atomic E-state index is -1.12. The van der Waals surface area contributed by atoms with Gasteiger partial charge in [0.15, 0.2) is 5.43 Å². The molecule has 0 saturated carbocycles. The van der Waals surface area contributed by atoms with Gasteiger partial charge in [0.1, 0.15) is 12.4 Å². The molecular formula is C26H33BrN4O2SSi. The molecule has 0 amide bonds. The molecule has 0 spiro atoms. The lowest BCUT2D eigenvalue weighted by Crippen LogP contribution is -2.34. The maximum atomic E-state index is 12.7. The van der Waals surface area contributed by atoms with Crippen LogP contribution in [0.5, 0.6) is 0 Å². The van der Waals surface area contributed by atoms with Crippen molar-refractivity contribution in [2.24, 2.45) is 0 Å². The minimum Gasteiger partial charge on any atom is -0.361 e. The van der Waals surface area contributed by atoms with Crippen molar-refractivity contribution in [3.8, 4) is 0 Å². The quantitative estimate of drug-likeness (QED) is 0.183. The molecule has 5 heterocycles. The second-order valence-electron chi connectivity index (χ2n) is 10.7. The van der Waals surface area contributed by atoms with E-state index in [0.29, 0.717) is 18.2 Å². The van der Waals surface area contributed by atoms with Crippen LogP contribution in [-0.4, -0.2) is 46.8 Å². The molecule has 0 aliphatic carbocycles. The molecule has 0 aromatic carbocycles. The topological polar surface area (TPSA) is 52.3 Å². The molecule has 0 unspecified atom stereocenters. The van der Waals surface area contributed by atoms with Gasteiger partial charge in [-0.2, -0.15) is 0 Å². The lowest BCUT2D eigenvalue weighted by Gasteiger charge is -2.33. The standard InChI is InChI=1S/C26H33BrN4O2SSi/c1-35(2,3)15-14-33-18-30-12-8-21-25-22(16-28-26(21)30)23(32)9-13-31(25)19-6-10-29(11-7-19)17-20-4-5-24(27)34-20/h4-5,8-9,12-13,16,19H,6-7,10-11,14-15,17-18H2,1-3H3. The van der Waals surface area contributed by atoms with Crippen LogP contribution in [0.3, 0.4) is 0 Å². The first-order chi connectivity index (χ1) is 16.8. The number of thiophene rings is 1. The van der Waals surface area contributed by atoms with Gasteiger partial charge < -0.3 is 13.9 Å². The fourth-order valence-electron chi connectivity index (χ4n) is 4.86. The van der Waals surface area contributed by atoms with Crippen LogP contribution in [0.2, 0.25) is 25.7 Å². The van der Waals surface area contributed by atoms with Gasteiger partial charge in [-0.05, 0) is 53.0 Å². The molecule has 1 fully saturated rings. The molecule has 0 atom stereocenters.